The third kappa shape index (κ3) is 7.32. The van der Waals surface area contributed by atoms with E-state index in [-0.39, 0.29) is 21.1 Å². The normalized spacial score (nSPS) is 12.5. The molecule has 0 unspecified atom stereocenters. The second-order valence-corrected chi connectivity index (χ2v) is 21.3. The van der Waals surface area contributed by atoms with E-state index in [2.05, 4.69) is 298 Å². The molecule has 0 spiro atoms. The van der Waals surface area contributed by atoms with Gasteiger partial charge in [0.15, 0.2) is 0 Å². The van der Waals surface area contributed by atoms with E-state index in [4.69, 9.17) is 9.72 Å². The number of anilines is 3. The molecule has 0 radical (unpaired) electrons. The molecular formula is C74H48N7OPt-3. The van der Waals surface area contributed by atoms with E-state index in [1.54, 1.807) is 0 Å². The van der Waals surface area contributed by atoms with Crippen LogP contribution in [0.4, 0.5) is 17.1 Å². The van der Waals surface area contributed by atoms with Crippen LogP contribution in [-0.4, -0.2) is 30.3 Å². The second kappa shape index (κ2) is 19.0. The van der Waals surface area contributed by atoms with Gasteiger partial charge in [0.2, 0.25) is 0 Å². The van der Waals surface area contributed by atoms with Crippen molar-refractivity contribution in [3.05, 3.63) is 273 Å². The number of ether oxygens (including phenoxy) is 1. The number of aryl methyl sites for hydroxylation is 1. The van der Waals surface area contributed by atoms with Crippen molar-refractivity contribution in [1.29, 1.82) is 0 Å². The van der Waals surface area contributed by atoms with E-state index >= 15 is 0 Å². The number of benzene rings is 11. The van der Waals surface area contributed by atoms with Crippen LogP contribution in [0.1, 0.15) is 5.56 Å². The molecule has 5 aromatic heterocycles. The van der Waals surface area contributed by atoms with Gasteiger partial charge in [-0.3, -0.25) is 0 Å². The summed E-state index contributed by atoms with van der Waals surface area (Å²) in [7, 11) is 2.07. The van der Waals surface area contributed by atoms with Gasteiger partial charge in [-0.25, -0.2) is 4.98 Å². The van der Waals surface area contributed by atoms with Crippen LogP contribution in [-0.2, 0) is 21.1 Å². The van der Waals surface area contributed by atoms with E-state index in [1.165, 1.54) is 32.3 Å². The Bertz CT molecular complexity index is 5020. The summed E-state index contributed by atoms with van der Waals surface area (Å²) < 4.78 is 16.6. The molecule has 9 heteroatoms. The van der Waals surface area contributed by atoms with Crippen LogP contribution >= 0.6 is 0 Å². The maximum absolute atomic E-state index is 7.05. The molecule has 0 saturated carbocycles. The first kappa shape index (κ1) is 48.7. The van der Waals surface area contributed by atoms with Crippen molar-refractivity contribution in [3.8, 4) is 45.5 Å². The summed E-state index contributed by atoms with van der Waals surface area (Å²) in [6, 6.07) is 94.1. The summed E-state index contributed by atoms with van der Waals surface area (Å²) >= 11 is 0. The molecule has 0 aliphatic carbocycles. The molecule has 398 valence electrons. The quantitative estimate of drug-likeness (QED) is 0.142. The fourth-order valence-corrected chi connectivity index (χ4v) is 13.3. The minimum absolute atomic E-state index is 0. The molecule has 83 heavy (non-hydrogen) atoms. The number of nitrogens with zero attached hydrogens (tertiary/aromatic N) is 7. The van der Waals surface area contributed by atoms with Crippen molar-refractivity contribution in [3.63, 3.8) is 0 Å². The van der Waals surface area contributed by atoms with Gasteiger partial charge < -0.3 is 32.8 Å². The summed E-state index contributed by atoms with van der Waals surface area (Å²) in [6.45, 7) is 4.32. The van der Waals surface area contributed by atoms with Gasteiger partial charge in [-0.2, -0.15) is 12.7 Å². The summed E-state index contributed by atoms with van der Waals surface area (Å²) in [6.07, 6.45) is 2.09. The van der Waals surface area contributed by atoms with E-state index < -0.39 is 0 Å². The van der Waals surface area contributed by atoms with Crippen molar-refractivity contribution in [2.75, 3.05) is 16.8 Å². The molecule has 1 aliphatic heterocycles. The molecule has 11 aromatic carbocycles. The van der Waals surface area contributed by atoms with Crippen molar-refractivity contribution in [2.24, 2.45) is 0 Å². The monoisotopic (exact) mass is 1250 g/mol. The van der Waals surface area contributed by atoms with E-state index in [0.717, 1.165) is 112 Å². The molecule has 0 saturated heterocycles. The molecule has 16 aromatic rings. The Hall–Kier alpha value is -10.1. The van der Waals surface area contributed by atoms with Gasteiger partial charge in [0.1, 0.15) is 5.82 Å². The summed E-state index contributed by atoms with van der Waals surface area (Å²) in [5.74, 6) is 1.89. The Morgan fingerprint density at radius 2 is 0.819 bits per heavy atom. The maximum atomic E-state index is 7.05. The first-order valence-electron chi connectivity index (χ1n) is 27.8. The summed E-state index contributed by atoms with van der Waals surface area (Å²) in [5, 5.41) is 9.28. The summed E-state index contributed by atoms with van der Waals surface area (Å²) in [5.41, 5.74) is 17.9. The standard InChI is InChI=1S/C74H48N7O.Pt/c1-47-41-72(75-45-58(47)74-68(78-59-30-10-3-23-51(59)52-24-4-11-31-60(52)78)39-20-40-69(74)79-61-32-12-5-25-53(61)54-26-6-13-33-62(54)79)81-65-36-16-9-29-57(65)73-70(80-63-34-14-7-27-55(63)56-28-8-15-35-64(56)80)43-50(44-71(73)81)82-49-22-19-21-48(42-49)77-46-76(2)66-37-17-18-38-67(66)77;/h3-41,43,45-46H,1-2H3;/q-3;. The van der Waals surface area contributed by atoms with Gasteiger partial charge in [0.05, 0.1) is 44.5 Å². The van der Waals surface area contributed by atoms with Gasteiger partial charge in [0.25, 0.3) is 0 Å². The number of pyridine rings is 1. The number of aromatic nitrogens is 5. The fraction of sp³-hybridized carbons (Fsp3) is 0.0270. The molecular weight excluding hydrogens is 1200 g/mol. The third-order valence-electron chi connectivity index (χ3n) is 16.8. The smallest absolute Gasteiger partial charge is 0.135 e. The topological polar surface area (TPSA) is 48.3 Å². The van der Waals surface area contributed by atoms with Gasteiger partial charge in [-0.1, -0.05) is 156 Å². The summed E-state index contributed by atoms with van der Waals surface area (Å²) in [4.78, 5) is 9.88. The number of hydrogen-bond acceptors (Lipinski definition) is 4. The van der Waals surface area contributed by atoms with Crippen molar-refractivity contribution in [2.45, 2.75) is 6.92 Å². The number of rotatable bonds is 8. The van der Waals surface area contributed by atoms with Gasteiger partial charge in [0, 0.05) is 99.1 Å². The van der Waals surface area contributed by atoms with E-state index in [9.17, 15) is 0 Å². The first-order valence-corrected chi connectivity index (χ1v) is 27.8. The maximum Gasteiger partial charge on any atom is 0.135 e. The molecule has 8 nitrogen and oxygen atoms in total. The van der Waals surface area contributed by atoms with Crippen LogP contribution in [0.15, 0.2) is 249 Å². The Morgan fingerprint density at radius 3 is 1.33 bits per heavy atom. The molecule has 0 N–H and O–H groups in total. The fourth-order valence-electron chi connectivity index (χ4n) is 13.3. The van der Waals surface area contributed by atoms with Crippen molar-refractivity contribution >= 4 is 104 Å². The molecule has 17 rings (SSSR count). The Labute approximate surface area is 492 Å². The zero-order chi connectivity index (χ0) is 54.2. The van der Waals surface area contributed by atoms with Gasteiger partial charge in [-0.05, 0) is 103 Å². The van der Waals surface area contributed by atoms with E-state index in [0.29, 0.717) is 11.5 Å². The predicted octanol–water partition coefficient (Wildman–Crippen LogP) is 18.5. The Kier molecular flexibility index (Phi) is 11.1. The zero-order valence-electron chi connectivity index (χ0n) is 45.1. The van der Waals surface area contributed by atoms with Crippen molar-refractivity contribution < 1.29 is 25.8 Å². The molecule has 1 aliphatic rings. The number of para-hydroxylation sites is 9. The largest absolute Gasteiger partial charge is 0.509 e. The molecule has 0 atom stereocenters. The SMILES string of the molecule is Cc1cc(-n2c3[c-]c(Oc4[c-]c(N5[CH-]N(C)c6ccccc65)ccc4)cc(-n4c5ccccc5c5ccccc54)c3c3ccccc32)ncc1-c1c(-n2c3ccccc3c3ccccc32)cccc1-n1c2ccccc2c2ccccc21.[Pt]. The van der Waals surface area contributed by atoms with Gasteiger partial charge in [-0.15, -0.1) is 36.0 Å². The molecule has 0 amide bonds. The number of fused-ring (bicyclic) bond motifs is 13. The molecule has 6 heterocycles. The van der Waals surface area contributed by atoms with Crippen LogP contribution in [0.25, 0.3) is 121 Å². The van der Waals surface area contributed by atoms with Crippen LogP contribution < -0.4 is 14.5 Å². The van der Waals surface area contributed by atoms with Crippen LogP contribution in [0, 0.1) is 25.7 Å². The Morgan fingerprint density at radius 1 is 0.398 bits per heavy atom. The van der Waals surface area contributed by atoms with Crippen molar-refractivity contribution in [1.82, 2.24) is 23.3 Å². The average molecular weight is 1250 g/mol. The molecule has 0 fully saturated rings. The van der Waals surface area contributed by atoms with Crippen LogP contribution in [0.5, 0.6) is 11.5 Å². The zero-order valence-corrected chi connectivity index (χ0v) is 47.4. The van der Waals surface area contributed by atoms with E-state index in [1.807, 2.05) is 12.1 Å². The minimum Gasteiger partial charge on any atom is -0.509 e. The number of hydrogen-bond donors (Lipinski definition) is 0. The minimum atomic E-state index is 0. The van der Waals surface area contributed by atoms with Crippen LogP contribution in [0.2, 0.25) is 0 Å². The second-order valence-electron chi connectivity index (χ2n) is 21.3. The average Bonchev–Trinajstić information content (AvgIpc) is 2.65. The van der Waals surface area contributed by atoms with Crippen LogP contribution in [0.3, 0.4) is 0 Å². The predicted molar refractivity (Wildman–Crippen MR) is 337 cm³/mol. The third-order valence-corrected chi connectivity index (χ3v) is 16.8. The first-order chi connectivity index (χ1) is 40.5. The van der Waals surface area contributed by atoms with Gasteiger partial charge >= 0.3 is 0 Å². The Balaban J connectivity index is 0.00000565. The molecule has 0 bridgehead atoms.